The van der Waals surface area contributed by atoms with E-state index in [0.29, 0.717) is 6.54 Å². The molecule has 3 rings (SSSR count). The molecular formula is C23H31IN6. The minimum absolute atomic E-state index is 0. The van der Waals surface area contributed by atoms with Crippen LogP contribution in [0.3, 0.4) is 0 Å². The Labute approximate surface area is 196 Å². The Hall–Kier alpha value is -2.42. The predicted molar refractivity (Wildman–Crippen MR) is 134 cm³/mol. The van der Waals surface area contributed by atoms with Gasteiger partial charge in [0.05, 0.1) is 12.2 Å². The third-order valence-electron chi connectivity index (χ3n) is 4.74. The van der Waals surface area contributed by atoms with Crippen molar-refractivity contribution in [2.24, 2.45) is 4.99 Å². The predicted octanol–water partition coefficient (Wildman–Crippen LogP) is 4.37. The largest absolute Gasteiger partial charge is 0.357 e. The number of hydrogen-bond acceptors (Lipinski definition) is 3. The number of rotatable bonds is 6. The first-order chi connectivity index (χ1) is 14.0. The van der Waals surface area contributed by atoms with E-state index in [9.17, 15) is 0 Å². The molecule has 3 aromatic rings. The molecule has 160 valence electrons. The van der Waals surface area contributed by atoms with Gasteiger partial charge >= 0.3 is 0 Å². The van der Waals surface area contributed by atoms with Gasteiger partial charge in [-0.1, -0.05) is 29.8 Å². The fourth-order valence-corrected chi connectivity index (χ4v) is 3.23. The second-order valence-corrected chi connectivity index (χ2v) is 7.34. The molecule has 2 aromatic heterocycles. The van der Waals surface area contributed by atoms with Crippen LogP contribution in [0.2, 0.25) is 0 Å². The zero-order valence-corrected chi connectivity index (χ0v) is 20.7. The van der Waals surface area contributed by atoms with E-state index >= 15 is 0 Å². The minimum Gasteiger partial charge on any atom is -0.357 e. The molecule has 0 aliphatic carbocycles. The number of aliphatic imine (C=N–C) groups is 1. The van der Waals surface area contributed by atoms with Crippen LogP contribution in [0.1, 0.15) is 40.6 Å². The fraction of sp³-hybridized carbons (Fsp3) is 0.348. The summed E-state index contributed by atoms with van der Waals surface area (Å²) in [5.41, 5.74) is 6.96. The summed E-state index contributed by atoms with van der Waals surface area (Å²) in [4.78, 5) is 9.25. The number of hydrogen-bond donors (Lipinski definition) is 2. The number of nitrogens with one attached hydrogen (secondary N) is 2. The van der Waals surface area contributed by atoms with Gasteiger partial charge in [0.25, 0.3) is 0 Å². The third-order valence-corrected chi connectivity index (χ3v) is 4.74. The molecule has 1 aromatic carbocycles. The topological polar surface area (TPSA) is 67.1 Å². The molecular weight excluding hydrogens is 487 g/mol. The summed E-state index contributed by atoms with van der Waals surface area (Å²) in [6, 6.07) is 12.6. The van der Waals surface area contributed by atoms with Crippen LogP contribution in [0.15, 0.2) is 47.6 Å². The number of halogens is 1. The summed E-state index contributed by atoms with van der Waals surface area (Å²) in [7, 11) is 0. The summed E-state index contributed by atoms with van der Waals surface area (Å²) >= 11 is 0. The van der Waals surface area contributed by atoms with Crippen LogP contribution in [0.25, 0.3) is 5.82 Å². The van der Waals surface area contributed by atoms with Crippen LogP contribution in [0.5, 0.6) is 0 Å². The van der Waals surface area contributed by atoms with Crippen LogP contribution in [0.4, 0.5) is 0 Å². The SMILES string of the molecule is CCNC(=NCc1ccc(-n2nc(C)cc2C)nc1)NCc1ccc(C)cc1C.I. The summed E-state index contributed by atoms with van der Waals surface area (Å²) in [6.45, 7) is 12.5. The number of benzene rings is 1. The van der Waals surface area contributed by atoms with E-state index in [4.69, 9.17) is 4.99 Å². The number of guanidine groups is 1. The van der Waals surface area contributed by atoms with Crippen LogP contribution in [0, 0.1) is 27.7 Å². The highest BCUT2D eigenvalue weighted by molar-refractivity contribution is 14.0. The third kappa shape index (κ3) is 6.29. The molecule has 30 heavy (non-hydrogen) atoms. The molecule has 0 fully saturated rings. The van der Waals surface area contributed by atoms with Crippen LogP contribution in [-0.4, -0.2) is 27.3 Å². The first kappa shape index (κ1) is 23.9. The van der Waals surface area contributed by atoms with Gasteiger partial charge in [-0.25, -0.2) is 14.7 Å². The van der Waals surface area contributed by atoms with E-state index in [1.807, 2.05) is 36.9 Å². The molecule has 0 aliphatic heterocycles. The maximum atomic E-state index is 4.70. The van der Waals surface area contributed by atoms with E-state index in [1.165, 1.54) is 16.7 Å². The Morgan fingerprint density at radius 3 is 2.43 bits per heavy atom. The van der Waals surface area contributed by atoms with Crippen molar-refractivity contribution >= 4 is 29.9 Å². The zero-order chi connectivity index (χ0) is 20.8. The normalized spacial score (nSPS) is 11.2. The van der Waals surface area contributed by atoms with Gasteiger partial charge in [0.15, 0.2) is 11.8 Å². The van der Waals surface area contributed by atoms with Gasteiger partial charge in [0, 0.05) is 25.0 Å². The molecule has 0 aliphatic rings. The number of pyridine rings is 1. The van der Waals surface area contributed by atoms with Crippen molar-refractivity contribution in [1.29, 1.82) is 0 Å². The van der Waals surface area contributed by atoms with Crippen molar-refractivity contribution in [1.82, 2.24) is 25.4 Å². The first-order valence-corrected chi connectivity index (χ1v) is 10.0. The Balaban J connectivity index is 0.00000320. The average Bonchev–Trinajstić information content (AvgIpc) is 3.03. The molecule has 0 bridgehead atoms. The quantitative estimate of drug-likeness (QED) is 0.289. The monoisotopic (exact) mass is 518 g/mol. The second-order valence-electron chi connectivity index (χ2n) is 7.34. The summed E-state index contributed by atoms with van der Waals surface area (Å²) in [6.07, 6.45) is 1.86. The number of aryl methyl sites for hydroxylation is 4. The summed E-state index contributed by atoms with van der Waals surface area (Å²) in [5.74, 6) is 1.62. The Kier molecular flexibility index (Phi) is 8.83. The summed E-state index contributed by atoms with van der Waals surface area (Å²) in [5, 5.41) is 11.2. The molecule has 0 atom stereocenters. The molecule has 6 nitrogen and oxygen atoms in total. The second kappa shape index (κ2) is 11.1. The lowest BCUT2D eigenvalue weighted by molar-refractivity contribution is 0.799. The lowest BCUT2D eigenvalue weighted by Crippen LogP contribution is -2.36. The van der Waals surface area contributed by atoms with E-state index < -0.39 is 0 Å². The van der Waals surface area contributed by atoms with Gasteiger partial charge < -0.3 is 10.6 Å². The lowest BCUT2D eigenvalue weighted by Gasteiger charge is -2.13. The van der Waals surface area contributed by atoms with E-state index in [-0.39, 0.29) is 24.0 Å². The Morgan fingerprint density at radius 2 is 1.83 bits per heavy atom. The highest BCUT2D eigenvalue weighted by Crippen LogP contribution is 2.12. The van der Waals surface area contributed by atoms with Crippen molar-refractivity contribution in [3.63, 3.8) is 0 Å². The van der Waals surface area contributed by atoms with Gasteiger partial charge in [0.1, 0.15) is 0 Å². The van der Waals surface area contributed by atoms with Crippen molar-refractivity contribution in [2.75, 3.05) is 6.54 Å². The fourth-order valence-electron chi connectivity index (χ4n) is 3.23. The highest BCUT2D eigenvalue weighted by atomic mass is 127. The molecule has 0 unspecified atom stereocenters. The molecule has 0 spiro atoms. The maximum absolute atomic E-state index is 4.70. The minimum atomic E-state index is 0. The maximum Gasteiger partial charge on any atom is 0.191 e. The molecule has 0 radical (unpaired) electrons. The highest BCUT2D eigenvalue weighted by Gasteiger charge is 2.05. The zero-order valence-electron chi connectivity index (χ0n) is 18.4. The van der Waals surface area contributed by atoms with Gasteiger partial charge in [-0.3, -0.25) is 0 Å². The molecule has 0 amide bonds. The summed E-state index contributed by atoms with van der Waals surface area (Å²) < 4.78 is 1.86. The van der Waals surface area contributed by atoms with E-state index in [0.717, 1.165) is 41.8 Å². The first-order valence-electron chi connectivity index (χ1n) is 10.0. The average molecular weight is 518 g/mol. The Morgan fingerprint density at radius 1 is 1.03 bits per heavy atom. The van der Waals surface area contributed by atoms with Crippen molar-refractivity contribution in [3.05, 3.63) is 76.2 Å². The van der Waals surface area contributed by atoms with Gasteiger partial charge in [0.2, 0.25) is 0 Å². The van der Waals surface area contributed by atoms with Gasteiger partial charge in [-0.05, 0) is 63.4 Å². The Bertz CT molecular complexity index is 991. The van der Waals surface area contributed by atoms with E-state index in [2.05, 4.69) is 65.8 Å². The molecule has 2 heterocycles. The van der Waals surface area contributed by atoms with Gasteiger partial charge in [-0.2, -0.15) is 5.10 Å². The lowest BCUT2D eigenvalue weighted by atomic mass is 10.1. The number of aromatic nitrogens is 3. The van der Waals surface area contributed by atoms with Crippen molar-refractivity contribution in [2.45, 2.75) is 47.7 Å². The smallest absolute Gasteiger partial charge is 0.191 e. The molecule has 0 saturated heterocycles. The molecule has 7 heteroatoms. The van der Waals surface area contributed by atoms with E-state index in [1.54, 1.807) is 0 Å². The van der Waals surface area contributed by atoms with Crippen molar-refractivity contribution < 1.29 is 0 Å². The van der Waals surface area contributed by atoms with Gasteiger partial charge in [-0.15, -0.1) is 24.0 Å². The van der Waals surface area contributed by atoms with Crippen LogP contribution in [-0.2, 0) is 13.1 Å². The molecule has 0 saturated carbocycles. The molecule has 2 N–H and O–H groups in total. The van der Waals surface area contributed by atoms with Crippen LogP contribution < -0.4 is 10.6 Å². The van der Waals surface area contributed by atoms with Crippen LogP contribution >= 0.6 is 24.0 Å². The number of nitrogens with zero attached hydrogens (tertiary/aromatic N) is 4. The standard InChI is InChI=1S/C23H30N6.HI/c1-6-24-23(27-15-21-9-7-16(2)11-17(21)3)26-14-20-8-10-22(25-13-20)29-19(5)12-18(4)28-29;/h7-13H,6,14-15H2,1-5H3,(H2,24,26,27);1H. The van der Waals surface area contributed by atoms with Crippen molar-refractivity contribution in [3.8, 4) is 5.82 Å².